The number of piperidine rings is 1. The largest absolute Gasteiger partial charge is 0.496 e. The molecule has 2 unspecified atom stereocenters. The highest BCUT2D eigenvalue weighted by Gasteiger charge is 2.47. The molecule has 9 nitrogen and oxygen atoms in total. The molecule has 3 amide bonds. The van der Waals surface area contributed by atoms with E-state index in [0.29, 0.717) is 36.7 Å². The molecule has 0 spiro atoms. The predicted octanol–water partition coefficient (Wildman–Crippen LogP) is 2.64. The van der Waals surface area contributed by atoms with Crippen LogP contribution in [-0.2, 0) is 9.59 Å². The van der Waals surface area contributed by atoms with E-state index in [4.69, 9.17) is 4.74 Å². The van der Waals surface area contributed by atoms with Crippen molar-refractivity contribution in [1.82, 2.24) is 20.9 Å². The van der Waals surface area contributed by atoms with Gasteiger partial charge in [-0.15, -0.1) is 0 Å². The van der Waals surface area contributed by atoms with Crippen molar-refractivity contribution in [1.29, 1.82) is 5.26 Å². The molecule has 9 heteroatoms. The molecule has 1 aliphatic carbocycles. The van der Waals surface area contributed by atoms with Crippen molar-refractivity contribution < 1.29 is 19.1 Å². The molecule has 0 bridgehead atoms. The van der Waals surface area contributed by atoms with Gasteiger partial charge in [-0.3, -0.25) is 14.4 Å². The van der Waals surface area contributed by atoms with Crippen LogP contribution in [0.4, 0.5) is 0 Å². The van der Waals surface area contributed by atoms with E-state index in [1.807, 2.05) is 18.2 Å². The van der Waals surface area contributed by atoms with Crippen LogP contribution in [0.1, 0.15) is 56.4 Å². The fourth-order valence-corrected chi connectivity index (χ4v) is 4.92. The Kier molecular flexibility index (Phi) is 7.01. The van der Waals surface area contributed by atoms with Crippen LogP contribution in [0.25, 0.3) is 10.9 Å². The van der Waals surface area contributed by atoms with Gasteiger partial charge in [0.15, 0.2) is 0 Å². The average Bonchev–Trinajstić information content (AvgIpc) is 3.22. The normalized spacial score (nSPS) is 22.4. The Labute approximate surface area is 205 Å². The van der Waals surface area contributed by atoms with Gasteiger partial charge < -0.3 is 25.7 Å². The fraction of sp³-hybridized carbons (Fsp3) is 0.538. The maximum absolute atomic E-state index is 13.2. The maximum atomic E-state index is 13.2. The third-order valence-electron chi connectivity index (χ3n) is 7.34. The van der Waals surface area contributed by atoms with Crippen LogP contribution in [0.5, 0.6) is 5.75 Å². The van der Waals surface area contributed by atoms with Crippen LogP contribution in [0.15, 0.2) is 24.3 Å². The lowest BCUT2D eigenvalue weighted by Crippen LogP contribution is -2.50. The molecule has 2 aromatic rings. The molecule has 0 radical (unpaired) electrons. The number of nitrogens with one attached hydrogen (secondary N) is 4. The average molecular weight is 480 g/mol. The van der Waals surface area contributed by atoms with Crippen molar-refractivity contribution in [2.45, 2.75) is 58.0 Å². The Morgan fingerprint density at radius 3 is 2.71 bits per heavy atom. The predicted molar refractivity (Wildman–Crippen MR) is 131 cm³/mol. The van der Waals surface area contributed by atoms with Crippen molar-refractivity contribution >= 4 is 28.6 Å². The van der Waals surface area contributed by atoms with Gasteiger partial charge in [0.2, 0.25) is 11.8 Å². The highest BCUT2D eigenvalue weighted by atomic mass is 16.5. The second-order valence-electron chi connectivity index (χ2n) is 10.3. The minimum Gasteiger partial charge on any atom is -0.496 e. The molecule has 2 fully saturated rings. The quantitative estimate of drug-likeness (QED) is 0.438. The lowest BCUT2D eigenvalue weighted by molar-refractivity contribution is -0.128. The molecule has 1 aliphatic heterocycles. The first-order chi connectivity index (χ1) is 16.7. The number of H-pyrrole nitrogens is 1. The molecule has 4 N–H and O–H groups in total. The van der Waals surface area contributed by atoms with Crippen LogP contribution in [0.3, 0.4) is 0 Å². The number of hydrogen-bond donors (Lipinski definition) is 4. The van der Waals surface area contributed by atoms with Gasteiger partial charge in [0.05, 0.1) is 13.2 Å². The number of amides is 3. The monoisotopic (exact) mass is 479 g/mol. The van der Waals surface area contributed by atoms with Gasteiger partial charge in [0, 0.05) is 23.4 Å². The highest BCUT2D eigenvalue weighted by molar-refractivity contribution is 6.01. The van der Waals surface area contributed by atoms with E-state index < -0.39 is 23.9 Å². The smallest absolute Gasteiger partial charge is 0.268 e. The van der Waals surface area contributed by atoms with E-state index in [1.165, 1.54) is 0 Å². The van der Waals surface area contributed by atoms with E-state index >= 15 is 0 Å². The zero-order valence-corrected chi connectivity index (χ0v) is 20.4. The maximum Gasteiger partial charge on any atom is 0.268 e. The number of aromatic nitrogens is 1. The molecule has 35 heavy (non-hydrogen) atoms. The van der Waals surface area contributed by atoms with E-state index in [1.54, 1.807) is 13.2 Å². The summed E-state index contributed by atoms with van der Waals surface area (Å²) in [5, 5.41) is 18.9. The molecule has 2 aliphatic rings. The van der Waals surface area contributed by atoms with Crippen LogP contribution >= 0.6 is 0 Å². The van der Waals surface area contributed by atoms with Crippen molar-refractivity contribution in [2.75, 3.05) is 13.7 Å². The number of nitrogens with zero attached hydrogens (tertiary/aromatic N) is 1. The molecule has 4 atom stereocenters. The van der Waals surface area contributed by atoms with Crippen LogP contribution in [0, 0.1) is 28.6 Å². The van der Waals surface area contributed by atoms with E-state index in [-0.39, 0.29) is 23.7 Å². The number of rotatable bonds is 9. The lowest BCUT2D eigenvalue weighted by Gasteiger charge is -2.25. The van der Waals surface area contributed by atoms with Gasteiger partial charge in [-0.1, -0.05) is 19.9 Å². The lowest BCUT2D eigenvalue weighted by atomic mass is 9.92. The van der Waals surface area contributed by atoms with Crippen LogP contribution in [0.2, 0.25) is 0 Å². The molecular weight excluding hydrogens is 446 g/mol. The van der Waals surface area contributed by atoms with Crippen molar-refractivity contribution in [2.24, 2.45) is 17.3 Å². The minimum atomic E-state index is -0.805. The summed E-state index contributed by atoms with van der Waals surface area (Å²) in [4.78, 5) is 41.6. The first kappa shape index (κ1) is 24.6. The summed E-state index contributed by atoms with van der Waals surface area (Å²) in [7, 11) is 1.57. The van der Waals surface area contributed by atoms with Crippen molar-refractivity contribution in [3.63, 3.8) is 0 Å². The molecule has 1 aromatic carbocycles. The number of aromatic amines is 1. The molecule has 1 aromatic heterocycles. The molecule has 1 saturated heterocycles. The SMILES string of the molecule is COc1cccc2[nH]c(C(=O)NC(CC3CC3(C)C)C(=O)N[C@H](C#N)C[C@@H]3CCCNC3=O)cc12. The summed E-state index contributed by atoms with van der Waals surface area (Å²) in [5.41, 5.74) is 1.20. The number of carbonyl (C=O) groups excluding carboxylic acids is 3. The van der Waals surface area contributed by atoms with Crippen LogP contribution < -0.4 is 20.7 Å². The Hall–Kier alpha value is -3.54. The second kappa shape index (κ2) is 9.98. The Morgan fingerprint density at radius 2 is 2.06 bits per heavy atom. The van der Waals surface area contributed by atoms with E-state index in [2.05, 4.69) is 40.9 Å². The third kappa shape index (κ3) is 5.59. The number of fused-ring (bicyclic) bond motifs is 1. The zero-order valence-electron chi connectivity index (χ0n) is 20.4. The summed E-state index contributed by atoms with van der Waals surface area (Å²) in [5.74, 6) is -0.240. The summed E-state index contributed by atoms with van der Waals surface area (Å²) in [6.07, 6.45) is 3.26. The summed E-state index contributed by atoms with van der Waals surface area (Å²) in [6, 6.07) is 7.72. The Balaban J connectivity index is 1.47. The van der Waals surface area contributed by atoms with Gasteiger partial charge in [-0.2, -0.15) is 5.26 Å². The number of hydrogen-bond acceptors (Lipinski definition) is 5. The number of methoxy groups -OCH3 is 1. The second-order valence-corrected chi connectivity index (χ2v) is 10.3. The van der Waals surface area contributed by atoms with Crippen molar-refractivity contribution in [3.8, 4) is 11.8 Å². The van der Waals surface area contributed by atoms with Gasteiger partial charge in [-0.25, -0.2) is 0 Å². The first-order valence-corrected chi connectivity index (χ1v) is 12.2. The summed E-state index contributed by atoms with van der Waals surface area (Å²) < 4.78 is 5.37. The van der Waals surface area contributed by atoms with Crippen LogP contribution in [-0.4, -0.2) is 48.4 Å². The number of nitriles is 1. The van der Waals surface area contributed by atoms with Gasteiger partial charge in [0.1, 0.15) is 23.5 Å². The third-order valence-corrected chi connectivity index (χ3v) is 7.34. The number of benzene rings is 1. The van der Waals surface area contributed by atoms with Gasteiger partial charge >= 0.3 is 0 Å². The van der Waals surface area contributed by atoms with E-state index in [9.17, 15) is 19.6 Å². The molecule has 186 valence electrons. The molecule has 4 rings (SSSR count). The zero-order chi connectivity index (χ0) is 25.2. The Bertz CT molecular complexity index is 1160. The number of carbonyl (C=O) groups is 3. The molecule has 2 heterocycles. The van der Waals surface area contributed by atoms with E-state index in [0.717, 1.165) is 23.7 Å². The van der Waals surface area contributed by atoms with Gasteiger partial charge in [0.25, 0.3) is 5.91 Å². The van der Waals surface area contributed by atoms with Crippen molar-refractivity contribution in [3.05, 3.63) is 30.0 Å². The number of ether oxygens (including phenoxy) is 1. The fourth-order valence-electron chi connectivity index (χ4n) is 4.92. The first-order valence-electron chi connectivity index (χ1n) is 12.2. The molecule has 1 saturated carbocycles. The van der Waals surface area contributed by atoms with Gasteiger partial charge in [-0.05, 0) is 61.6 Å². The molecular formula is C26H33N5O4. The standard InChI is InChI=1S/C26H33N5O4/c1-26(2)13-16(26)11-20(24(33)29-17(14-27)10-15-6-5-9-28-23(15)32)31-25(34)21-12-18-19(30-21)7-4-8-22(18)35-3/h4,7-8,12,15-17,20,30H,5-6,9-11,13H2,1-3H3,(H,28,32)(H,29,33)(H,31,34)/t15-,16?,17-,20?/m0/s1. The topological polar surface area (TPSA) is 136 Å². The summed E-state index contributed by atoms with van der Waals surface area (Å²) in [6.45, 7) is 4.92. The Morgan fingerprint density at radius 1 is 1.29 bits per heavy atom. The summed E-state index contributed by atoms with van der Waals surface area (Å²) >= 11 is 0. The minimum absolute atomic E-state index is 0.0791. The highest BCUT2D eigenvalue weighted by Crippen LogP contribution is 2.54.